The van der Waals surface area contributed by atoms with Crippen LogP contribution in [-0.2, 0) is 0 Å². The lowest BCUT2D eigenvalue weighted by atomic mass is 10.2. The number of para-hydroxylation sites is 1. The van der Waals surface area contributed by atoms with Crippen molar-refractivity contribution in [3.05, 3.63) is 77.3 Å². The summed E-state index contributed by atoms with van der Waals surface area (Å²) in [7, 11) is 0. The topological polar surface area (TPSA) is 56.5 Å². The Bertz CT molecular complexity index is 1030. The van der Waals surface area contributed by atoms with Crippen LogP contribution in [0.15, 0.2) is 71.7 Å². The number of benzene rings is 2. The van der Waals surface area contributed by atoms with Crippen molar-refractivity contribution in [1.82, 2.24) is 14.4 Å². The Kier molecular flexibility index (Phi) is 2.83. The maximum absolute atomic E-state index is 12.2. The SMILES string of the molecule is O=c1nc(Oc2ccccc2)nc2c3ccccc3ccn12. The molecule has 2 heterocycles. The van der Waals surface area contributed by atoms with Crippen LogP contribution in [0.25, 0.3) is 16.4 Å². The zero-order valence-corrected chi connectivity index (χ0v) is 11.5. The molecule has 0 radical (unpaired) electrons. The zero-order valence-electron chi connectivity index (χ0n) is 11.5. The summed E-state index contributed by atoms with van der Waals surface area (Å²) in [5.74, 6) is 0.589. The predicted molar refractivity (Wildman–Crippen MR) is 83.3 cm³/mol. The van der Waals surface area contributed by atoms with E-state index in [2.05, 4.69) is 9.97 Å². The van der Waals surface area contributed by atoms with E-state index in [4.69, 9.17) is 4.74 Å². The molecule has 0 atom stereocenters. The summed E-state index contributed by atoms with van der Waals surface area (Å²) in [5.41, 5.74) is 0.116. The smallest absolute Gasteiger partial charge is 0.358 e. The van der Waals surface area contributed by atoms with Crippen molar-refractivity contribution in [3.63, 3.8) is 0 Å². The molecule has 0 spiro atoms. The Hall–Kier alpha value is -3.21. The van der Waals surface area contributed by atoms with E-state index in [1.165, 1.54) is 4.40 Å². The Morgan fingerprint density at radius 1 is 0.864 bits per heavy atom. The summed E-state index contributed by atoms with van der Waals surface area (Å²) in [6.45, 7) is 0. The van der Waals surface area contributed by atoms with Gasteiger partial charge in [0.25, 0.3) is 0 Å². The molecule has 2 aromatic heterocycles. The van der Waals surface area contributed by atoms with E-state index in [9.17, 15) is 4.79 Å². The van der Waals surface area contributed by atoms with Crippen LogP contribution in [0, 0.1) is 0 Å². The van der Waals surface area contributed by atoms with Crippen LogP contribution < -0.4 is 10.4 Å². The number of nitrogens with zero attached hydrogens (tertiary/aromatic N) is 3. The van der Waals surface area contributed by atoms with Gasteiger partial charge < -0.3 is 4.74 Å². The first-order valence-electron chi connectivity index (χ1n) is 6.82. The van der Waals surface area contributed by atoms with E-state index in [-0.39, 0.29) is 6.01 Å². The number of hydrogen-bond donors (Lipinski definition) is 0. The lowest BCUT2D eigenvalue weighted by Gasteiger charge is -2.07. The van der Waals surface area contributed by atoms with Crippen LogP contribution in [0.3, 0.4) is 0 Å². The standard InChI is InChI=1S/C17H11N3O2/c21-17-19-16(22-13-7-2-1-3-8-13)18-15-14-9-5-4-6-12(14)10-11-20(15)17/h1-11H. The minimum Gasteiger partial charge on any atom is -0.424 e. The number of hydrogen-bond acceptors (Lipinski definition) is 4. The zero-order chi connectivity index (χ0) is 14.9. The fraction of sp³-hybridized carbons (Fsp3) is 0. The molecule has 0 aliphatic rings. The maximum Gasteiger partial charge on any atom is 0.358 e. The van der Waals surface area contributed by atoms with Gasteiger partial charge in [-0.15, -0.1) is 4.98 Å². The van der Waals surface area contributed by atoms with Crippen molar-refractivity contribution < 1.29 is 4.74 Å². The third kappa shape index (κ3) is 2.09. The van der Waals surface area contributed by atoms with Gasteiger partial charge in [-0.3, -0.25) is 4.40 Å². The van der Waals surface area contributed by atoms with E-state index in [0.29, 0.717) is 11.4 Å². The van der Waals surface area contributed by atoms with Crippen molar-refractivity contribution in [2.75, 3.05) is 0 Å². The van der Waals surface area contributed by atoms with Crippen LogP contribution >= 0.6 is 0 Å². The Morgan fingerprint density at radius 3 is 2.50 bits per heavy atom. The molecule has 0 unspecified atom stereocenters. The quantitative estimate of drug-likeness (QED) is 0.532. The fourth-order valence-corrected chi connectivity index (χ4v) is 2.36. The number of fused-ring (bicyclic) bond motifs is 3. The van der Waals surface area contributed by atoms with Crippen LogP contribution in [0.5, 0.6) is 11.8 Å². The summed E-state index contributed by atoms with van der Waals surface area (Å²) in [5, 5.41) is 1.88. The molecule has 0 amide bonds. The normalized spacial score (nSPS) is 10.9. The minimum absolute atomic E-state index is 0.0487. The molecular weight excluding hydrogens is 278 g/mol. The molecule has 5 nitrogen and oxygen atoms in total. The minimum atomic E-state index is -0.415. The second kappa shape index (κ2) is 4.96. The van der Waals surface area contributed by atoms with Gasteiger partial charge >= 0.3 is 11.7 Å². The molecule has 22 heavy (non-hydrogen) atoms. The number of pyridine rings is 1. The molecule has 0 saturated heterocycles. The fourth-order valence-electron chi connectivity index (χ4n) is 2.36. The van der Waals surface area contributed by atoms with Gasteiger partial charge in [0.1, 0.15) is 5.75 Å². The number of ether oxygens (including phenoxy) is 1. The monoisotopic (exact) mass is 289 g/mol. The average Bonchev–Trinajstić information content (AvgIpc) is 2.56. The van der Waals surface area contributed by atoms with Crippen molar-refractivity contribution in [3.8, 4) is 11.8 Å². The maximum atomic E-state index is 12.2. The second-order valence-electron chi connectivity index (χ2n) is 4.80. The third-order valence-corrected chi connectivity index (χ3v) is 3.38. The van der Waals surface area contributed by atoms with Crippen molar-refractivity contribution in [1.29, 1.82) is 0 Å². The van der Waals surface area contributed by atoms with Gasteiger partial charge in [-0.1, -0.05) is 42.5 Å². The third-order valence-electron chi connectivity index (χ3n) is 3.38. The highest BCUT2D eigenvalue weighted by molar-refractivity contribution is 5.93. The second-order valence-corrected chi connectivity index (χ2v) is 4.80. The Labute approximate surface area is 125 Å². The molecule has 0 saturated carbocycles. The summed E-state index contributed by atoms with van der Waals surface area (Å²) in [6, 6.07) is 18.8. The van der Waals surface area contributed by atoms with Crippen molar-refractivity contribution >= 4 is 16.4 Å². The van der Waals surface area contributed by atoms with E-state index in [0.717, 1.165) is 10.8 Å². The van der Waals surface area contributed by atoms with E-state index in [1.807, 2.05) is 48.5 Å². The highest BCUT2D eigenvalue weighted by atomic mass is 16.5. The van der Waals surface area contributed by atoms with E-state index >= 15 is 0 Å². The lowest BCUT2D eigenvalue weighted by Crippen LogP contribution is -2.18. The molecule has 5 heteroatoms. The van der Waals surface area contributed by atoms with Crippen LogP contribution in [0.1, 0.15) is 0 Å². The van der Waals surface area contributed by atoms with Crippen LogP contribution in [0.2, 0.25) is 0 Å². The molecule has 0 fully saturated rings. The molecule has 4 aromatic rings. The Morgan fingerprint density at radius 2 is 1.64 bits per heavy atom. The highest BCUT2D eigenvalue weighted by Gasteiger charge is 2.08. The summed E-state index contributed by atoms with van der Waals surface area (Å²) >= 11 is 0. The van der Waals surface area contributed by atoms with Gasteiger partial charge in [-0.25, -0.2) is 4.79 Å². The lowest BCUT2D eigenvalue weighted by molar-refractivity contribution is 0.438. The van der Waals surface area contributed by atoms with Gasteiger partial charge in [0.15, 0.2) is 5.65 Å². The highest BCUT2D eigenvalue weighted by Crippen LogP contribution is 2.20. The number of aromatic nitrogens is 3. The van der Waals surface area contributed by atoms with E-state index < -0.39 is 5.69 Å². The van der Waals surface area contributed by atoms with Gasteiger partial charge in [-0.2, -0.15) is 4.98 Å². The molecule has 2 aromatic carbocycles. The first kappa shape index (κ1) is 12.5. The van der Waals surface area contributed by atoms with Gasteiger partial charge in [0.05, 0.1) is 0 Å². The Balaban J connectivity index is 1.94. The first-order valence-corrected chi connectivity index (χ1v) is 6.82. The molecule has 0 aliphatic heterocycles. The molecule has 0 bridgehead atoms. The predicted octanol–water partition coefficient (Wildman–Crippen LogP) is 3.04. The summed E-state index contributed by atoms with van der Waals surface area (Å²) in [6.07, 6.45) is 1.67. The summed E-state index contributed by atoms with van der Waals surface area (Å²) < 4.78 is 7.00. The first-order chi connectivity index (χ1) is 10.8. The molecule has 4 rings (SSSR count). The van der Waals surface area contributed by atoms with Gasteiger partial charge in [0, 0.05) is 11.6 Å². The van der Waals surface area contributed by atoms with Crippen LogP contribution in [0.4, 0.5) is 0 Å². The molecular formula is C17H11N3O2. The molecule has 0 N–H and O–H groups in total. The number of rotatable bonds is 2. The molecule has 0 aliphatic carbocycles. The van der Waals surface area contributed by atoms with Gasteiger partial charge in [-0.05, 0) is 23.6 Å². The molecule has 106 valence electrons. The van der Waals surface area contributed by atoms with E-state index in [1.54, 1.807) is 18.3 Å². The van der Waals surface area contributed by atoms with Crippen molar-refractivity contribution in [2.45, 2.75) is 0 Å². The summed E-state index contributed by atoms with van der Waals surface area (Å²) in [4.78, 5) is 20.4. The largest absolute Gasteiger partial charge is 0.424 e. The van der Waals surface area contributed by atoms with Crippen molar-refractivity contribution in [2.24, 2.45) is 0 Å². The van der Waals surface area contributed by atoms with Gasteiger partial charge in [0.2, 0.25) is 0 Å². The average molecular weight is 289 g/mol. The van der Waals surface area contributed by atoms with Crippen LogP contribution in [-0.4, -0.2) is 14.4 Å².